The highest BCUT2D eigenvalue weighted by Gasteiger charge is 2.16. The second-order valence-electron chi connectivity index (χ2n) is 5.99. The van der Waals surface area contributed by atoms with E-state index in [2.05, 4.69) is 4.98 Å². The van der Waals surface area contributed by atoms with Gasteiger partial charge in [-0.2, -0.15) is 0 Å². The fourth-order valence-corrected chi connectivity index (χ4v) is 2.61. The van der Waals surface area contributed by atoms with Gasteiger partial charge in [-0.15, -0.1) is 0 Å². The molecule has 0 fully saturated rings. The minimum Gasteiger partial charge on any atom is -0.487 e. The van der Waals surface area contributed by atoms with Crippen LogP contribution in [0.25, 0.3) is 0 Å². The molecule has 28 heavy (non-hydrogen) atoms. The molecular formula is C20H24N2O6. The van der Waals surface area contributed by atoms with E-state index in [-0.39, 0.29) is 5.78 Å². The van der Waals surface area contributed by atoms with Crippen molar-refractivity contribution < 1.29 is 28.5 Å². The molecule has 1 aliphatic rings. The number of rotatable bonds is 2. The summed E-state index contributed by atoms with van der Waals surface area (Å²) in [5.41, 5.74) is 7.04. The number of hydrogen-bond acceptors (Lipinski definition) is 8. The quantitative estimate of drug-likeness (QED) is 0.776. The summed E-state index contributed by atoms with van der Waals surface area (Å²) in [7, 11) is 0. The normalized spacial score (nSPS) is 16.6. The molecule has 2 heterocycles. The van der Waals surface area contributed by atoms with Gasteiger partial charge in [0.15, 0.2) is 17.3 Å². The number of ether oxygens (including phenoxy) is 5. The summed E-state index contributed by atoms with van der Waals surface area (Å²) in [5, 5.41) is 0. The van der Waals surface area contributed by atoms with E-state index in [9.17, 15) is 4.79 Å². The van der Waals surface area contributed by atoms with Gasteiger partial charge in [-0.1, -0.05) is 0 Å². The molecular weight excluding hydrogens is 364 g/mol. The molecule has 1 aromatic carbocycles. The molecule has 0 saturated carbocycles. The van der Waals surface area contributed by atoms with Crippen LogP contribution in [0.1, 0.15) is 15.9 Å². The Morgan fingerprint density at radius 3 is 2.07 bits per heavy atom. The minimum atomic E-state index is -0.209. The van der Waals surface area contributed by atoms with Crippen molar-refractivity contribution in [3.05, 3.63) is 47.8 Å². The highest BCUT2D eigenvalue weighted by Crippen LogP contribution is 2.30. The molecule has 0 amide bonds. The Labute approximate surface area is 163 Å². The summed E-state index contributed by atoms with van der Waals surface area (Å²) in [6.45, 7) is 3.49. The molecule has 2 N–H and O–H groups in total. The van der Waals surface area contributed by atoms with Gasteiger partial charge in [0.1, 0.15) is 13.2 Å². The number of nitrogens with zero attached hydrogens (tertiary/aromatic N) is 1. The SMILES string of the molecule is Nc1cnccc1C(=O)c1ccc2c(c1)OCCOCCOCCOCCO2. The lowest BCUT2D eigenvalue weighted by Gasteiger charge is -2.14. The van der Waals surface area contributed by atoms with Gasteiger partial charge in [-0.05, 0) is 24.3 Å². The monoisotopic (exact) mass is 388 g/mol. The van der Waals surface area contributed by atoms with E-state index in [0.29, 0.717) is 81.2 Å². The number of carbonyl (C=O) groups is 1. The van der Waals surface area contributed by atoms with Crippen LogP contribution in [-0.2, 0) is 14.2 Å². The van der Waals surface area contributed by atoms with Crippen molar-refractivity contribution in [1.82, 2.24) is 4.98 Å². The molecule has 150 valence electrons. The van der Waals surface area contributed by atoms with Gasteiger partial charge in [0, 0.05) is 17.3 Å². The van der Waals surface area contributed by atoms with Gasteiger partial charge < -0.3 is 29.4 Å². The lowest BCUT2D eigenvalue weighted by atomic mass is 10.0. The lowest BCUT2D eigenvalue weighted by Crippen LogP contribution is -2.13. The third kappa shape index (κ3) is 5.66. The number of ketones is 1. The molecule has 3 rings (SSSR count). The Morgan fingerprint density at radius 2 is 1.43 bits per heavy atom. The second kappa shape index (κ2) is 10.6. The van der Waals surface area contributed by atoms with E-state index in [1.165, 1.54) is 12.4 Å². The Hall–Kier alpha value is -2.68. The third-order valence-electron chi connectivity index (χ3n) is 4.02. The molecule has 8 nitrogen and oxygen atoms in total. The summed E-state index contributed by atoms with van der Waals surface area (Å²) in [6.07, 6.45) is 2.99. The number of hydrogen-bond donors (Lipinski definition) is 1. The highest BCUT2D eigenvalue weighted by molar-refractivity contribution is 6.12. The number of pyridine rings is 1. The van der Waals surface area contributed by atoms with Crippen molar-refractivity contribution in [2.45, 2.75) is 0 Å². The first-order valence-corrected chi connectivity index (χ1v) is 9.13. The van der Waals surface area contributed by atoms with Crippen molar-refractivity contribution >= 4 is 11.5 Å². The predicted molar refractivity (Wildman–Crippen MR) is 102 cm³/mol. The minimum absolute atomic E-state index is 0.209. The van der Waals surface area contributed by atoms with Crippen LogP contribution < -0.4 is 15.2 Å². The number of carbonyl (C=O) groups excluding carboxylic acids is 1. The zero-order chi connectivity index (χ0) is 19.6. The molecule has 1 aromatic heterocycles. The molecule has 0 aliphatic carbocycles. The van der Waals surface area contributed by atoms with Crippen molar-refractivity contribution in [2.75, 3.05) is 58.6 Å². The number of fused-ring (bicyclic) bond motifs is 1. The van der Waals surface area contributed by atoms with Crippen molar-refractivity contribution in [3.8, 4) is 11.5 Å². The Bertz CT molecular complexity index is 783. The summed E-state index contributed by atoms with van der Waals surface area (Å²) in [5.74, 6) is 0.793. The average Bonchev–Trinajstić information content (AvgIpc) is 2.72. The number of benzene rings is 1. The first-order valence-electron chi connectivity index (χ1n) is 9.13. The van der Waals surface area contributed by atoms with Gasteiger partial charge in [-0.25, -0.2) is 0 Å². The molecule has 0 spiro atoms. The number of anilines is 1. The molecule has 0 radical (unpaired) electrons. The molecule has 0 atom stereocenters. The first kappa shape index (κ1) is 20.1. The molecule has 2 aromatic rings. The number of nitrogen functional groups attached to an aromatic ring is 1. The van der Waals surface area contributed by atoms with E-state index < -0.39 is 0 Å². The average molecular weight is 388 g/mol. The topological polar surface area (TPSA) is 102 Å². The first-order chi connectivity index (χ1) is 13.8. The maximum absolute atomic E-state index is 12.8. The van der Waals surface area contributed by atoms with Crippen molar-refractivity contribution in [3.63, 3.8) is 0 Å². The van der Waals surface area contributed by atoms with Crippen molar-refractivity contribution in [1.29, 1.82) is 0 Å². The summed E-state index contributed by atoms with van der Waals surface area (Å²) in [4.78, 5) is 16.7. The molecule has 1 aliphatic heterocycles. The molecule has 8 heteroatoms. The number of nitrogens with two attached hydrogens (primary N) is 1. The van der Waals surface area contributed by atoms with Crippen LogP contribution in [0.2, 0.25) is 0 Å². The van der Waals surface area contributed by atoms with E-state index in [1.54, 1.807) is 24.3 Å². The van der Waals surface area contributed by atoms with Crippen LogP contribution >= 0.6 is 0 Å². The highest BCUT2D eigenvalue weighted by atomic mass is 16.6. The number of aromatic nitrogens is 1. The molecule has 0 unspecified atom stereocenters. The summed E-state index contributed by atoms with van der Waals surface area (Å²) < 4.78 is 27.8. The standard InChI is InChI=1S/C20H24N2O6/c21-17-14-22-4-3-16(17)20(23)15-1-2-18-19(13-15)28-12-10-26-8-6-24-5-7-25-9-11-27-18/h1-4,13-14H,5-12,21H2. The maximum Gasteiger partial charge on any atom is 0.195 e. The van der Waals surface area contributed by atoms with Gasteiger partial charge >= 0.3 is 0 Å². The van der Waals surface area contributed by atoms with Gasteiger partial charge in [0.05, 0.1) is 51.5 Å². The Morgan fingerprint density at radius 1 is 0.821 bits per heavy atom. The molecule has 0 bridgehead atoms. The third-order valence-corrected chi connectivity index (χ3v) is 4.02. The van der Waals surface area contributed by atoms with Crippen molar-refractivity contribution in [2.24, 2.45) is 0 Å². The Kier molecular flexibility index (Phi) is 7.60. The largest absolute Gasteiger partial charge is 0.487 e. The van der Waals surface area contributed by atoms with Crippen LogP contribution in [0.3, 0.4) is 0 Å². The van der Waals surface area contributed by atoms with Gasteiger partial charge in [0.2, 0.25) is 0 Å². The zero-order valence-electron chi connectivity index (χ0n) is 15.6. The van der Waals surface area contributed by atoms with E-state index in [4.69, 9.17) is 29.4 Å². The van der Waals surface area contributed by atoms with Gasteiger partial charge in [0.25, 0.3) is 0 Å². The van der Waals surface area contributed by atoms with Crippen LogP contribution in [0, 0.1) is 0 Å². The van der Waals surface area contributed by atoms with Crippen LogP contribution in [0.4, 0.5) is 5.69 Å². The van der Waals surface area contributed by atoms with Crippen LogP contribution in [0.5, 0.6) is 11.5 Å². The van der Waals surface area contributed by atoms with E-state index in [0.717, 1.165) is 0 Å². The maximum atomic E-state index is 12.8. The molecule has 0 saturated heterocycles. The van der Waals surface area contributed by atoms with Crippen LogP contribution in [-0.4, -0.2) is 63.6 Å². The van der Waals surface area contributed by atoms with E-state index >= 15 is 0 Å². The fourth-order valence-electron chi connectivity index (χ4n) is 2.61. The Balaban J connectivity index is 1.76. The predicted octanol–water partition coefficient (Wildman–Crippen LogP) is 1.72. The fraction of sp³-hybridized carbons (Fsp3) is 0.400. The van der Waals surface area contributed by atoms with Gasteiger partial charge in [-0.3, -0.25) is 9.78 Å². The summed E-state index contributed by atoms with van der Waals surface area (Å²) in [6, 6.07) is 6.64. The van der Waals surface area contributed by atoms with E-state index in [1.807, 2.05) is 0 Å². The second-order valence-corrected chi connectivity index (χ2v) is 5.99. The van der Waals surface area contributed by atoms with Crippen LogP contribution in [0.15, 0.2) is 36.7 Å². The summed E-state index contributed by atoms with van der Waals surface area (Å²) >= 11 is 0. The zero-order valence-corrected chi connectivity index (χ0v) is 15.6. The lowest BCUT2D eigenvalue weighted by molar-refractivity contribution is 0.00708. The smallest absolute Gasteiger partial charge is 0.195 e.